The van der Waals surface area contributed by atoms with Gasteiger partial charge in [-0.2, -0.15) is 14.9 Å². The second kappa shape index (κ2) is 7.35. The third kappa shape index (κ3) is 3.25. The van der Waals surface area contributed by atoms with Crippen LogP contribution >= 0.6 is 0 Å². The monoisotopic (exact) mass is 363 g/mol. The molecule has 0 spiro atoms. The number of morpholine rings is 1. The fourth-order valence-corrected chi connectivity index (χ4v) is 3.50. The van der Waals surface area contributed by atoms with Crippen molar-refractivity contribution in [3.8, 4) is 17.3 Å². The van der Waals surface area contributed by atoms with Crippen LogP contribution in [0.3, 0.4) is 0 Å². The van der Waals surface area contributed by atoms with Gasteiger partial charge in [-0.1, -0.05) is 31.2 Å². The highest BCUT2D eigenvalue weighted by molar-refractivity contribution is 5.67. The second-order valence-corrected chi connectivity index (χ2v) is 6.65. The van der Waals surface area contributed by atoms with E-state index in [-0.39, 0.29) is 5.56 Å². The average Bonchev–Trinajstić information content (AvgIpc) is 3.13. The molecule has 138 valence electrons. The minimum absolute atomic E-state index is 0.180. The van der Waals surface area contributed by atoms with Crippen LogP contribution < -0.4 is 5.56 Å². The highest BCUT2D eigenvalue weighted by Crippen LogP contribution is 2.22. The predicted octanol–water partition coefficient (Wildman–Crippen LogP) is 1.96. The maximum atomic E-state index is 12.8. The summed E-state index contributed by atoms with van der Waals surface area (Å²) in [5.74, 6) is 0. The molecule has 1 N–H and O–H groups in total. The van der Waals surface area contributed by atoms with Gasteiger partial charge in [0.2, 0.25) is 0 Å². The van der Waals surface area contributed by atoms with Crippen LogP contribution in [-0.2, 0) is 17.7 Å². The van der Waals surface area contributed by atoms with Gasteiger partial charge in [0.25, 0.3) is 5.56 Å². The summed E-state index contributed by atoms with van der Waals surface area (Å²) >= 11 is 0. The lowest BCUT2D eigenvalue weighted by Gasteiger charge is -2.26. The van der Waals surface area contributed by atoms with E-state index in [2.05, 4.69) is 33.2 Å². The summed E-state index contributed by atoms with van der Waals surface area (Å²) in [6, 6.07) is 10.3. The van der Waals surface area contributed by atoms with Crippen LogP contribution in [0, 0.1) is 11.3 Å². The Morgan fingerprint density at radius 2 is 2.00 bits per heavy atom. The molecule has 4 rings (SSSR count). The summed E-state index contributed by atoms with van der Waals surface area (Å²) in [6.07, 6.45) is 2.00. The molecule has 2 aromatic heterocycles. The molecule has 0 radical (unpaired) electrons. The molecule has 1 aliphatic rings. The number of hydrogen-bond donors (Lipinski definition) is 1. The molecule has 1 saturated heterocycles. The maximum absolute atomic E-state index is 12.8. The van der Waals surface area contributed by atoms with Gasteiger partial charge in [0, 0.05) is 25.2 Å². The molecule has 1 aromatic carbocycles. The largest absolute Gasteiger partial charge is 0.379 e. The van der Waals surface area contributed by atoms with Crippen molar-refractivity contribution < 1.29 is 4.74 Å². The molecule has 0 amide bonds. The fraction of sp³-hybridized carbons (Fsp3) is 0.350. The molecule has 1 fully saturated rings. The van der Waals surface area contributed by atoms with E-state index < -0.39 is 0 Å². The van der Waals surface area contributed by atoms with Gasteiger partial charge in [0.05, 0.1) is 25.1 Å². The normalized spacial score (nSPS) is 15.1. The summed E-state index contributed by atoms with van der Waals surface area (Å²) in [5, 5.41) is 13.3. The summed E-state index contributed by atoms with van der Waals surface area (Å²) in [6.45, 7) is 6.30. The average molecular weight is 363 g/mol. The summed E-state index contributed by atoms with van der Waals surface area (Å²) in [4.78, 5) is 18.4. The van der Waals surface area contributed by atoms with Crippen LogP contribution in [0.1, 0.15) is 23.6 Å². The number of aromatic nitrogens is 3. The first-order valence-corrected chi connectivity index (χ1v) is 9.13. The van der Waals surface area contributed by atoms with Gasteiger partial charge in [0.1, 0.15) is 11.6 Å². The Balaban J connectivity index is 1.71. The van der Waals surface area contributed by atoms with Crippen molar-refractivity contribution in [3.63, 3.8) is 0 Å². The zero-order valence-electron chi connectivity index (χ0n) is 15.2. The van der Waals surface area contributed by atoms with Crippen LogP contribution in [-0.4, -0.2) is 45.8 Å². The van der Waals surface area contributed by atoms with E-state index in [1.54, 1.807) is 0 Å². The number of H-pyrrole nitrogens is 1. The van der Waals surface area contributed by atoms with Gasteiger partial charge < -0.3 is 9.72 Å². The van der Waals surface area contributed by atoms with E-state index in [0.717, 1.165) is 44.1 Å². The topological polar surface area (TPSA) is 86.4 Å². The number of hydrogen-bond acceptors (Lipinski definition) is 5. The first-order valence-electron chi connectivity index (χ1n) is 9.13. The molecular weight excluding hydrogens is 342 g/mol. The number of fused-ring (bicyclic) bond motifs is 1. The Kier molecular flexibility index (Phi) is 4.75. The van der Waals surface area contributed by atoms with Crippen molar-refractivity contribution in [2.75, 3.05) is 26.3 Å². The third-order valence-electron chi connectivity index (χ3n) is 4.99. The van der Waals surface area contributed by atoms with Gasteiger partial charge in [0.15, 0.2) is 5.65 Å². The van der Waals surface area contributed by atoms with Gasteiger partial charge in [-0.25, -0.2) is 0 Å². The number of benzene rings is 1. The highest BCUT2D eigenvalue weighted by Gasteiger charge is 2.16. The van der Waals surface area contributed by atoms with E-state index in [9.17, 15) is 10.1 Å². The van der Waals surface area contributed by atoms with Crippen molar-refractivity contribution in [2.45, 2.75) is 19.9 Å². The van der Waals surface area contributed by atoms with Gasteiger partial charge in [-0.05, 0) is 17.5 Å². The lowest BCUT2D eigenvalue weighted by molar-refractivity contribution is 0.0342. The molecule has 0 bridgehead atoms. The van der Waals surface area contributed by atoms with Gasteiger partial charge in [-0.3, -0.25) is 9.69 Å². The summed E-state index contributed by atoms with van der Waals surface area (Å²) in [5.41, 5.74) is 4.19. The minimum Gasteiger partial charge on any atom is -0.379 e. The smallest absolute Gasteiger partial charge is 0.278 e. The van der Waals surface area contributed by atoms with Crippen LogP contribution in [0.25, 0.3) is 16.9 Å². The number of rotatable bonds is 4. The lowest BCUT2D eigenvalue weighted by atomic mass is 10.0. The molecule has 0 atom stereocenters. The summed E-state index contributed by atoms with van der Waals surface area (Å²) < 4.78 is 6.66. The predicted molar refractivity (Wildman–Crippen MR) is 101 cm³/mol. The van der Waals surface area contributed by atoms with Crippen molar-refractivity contribution >= 4 is 5.65 Å². The Hall–Kier alpha value is -2.95. The van der Waals surface area contributed by atoms with E-state index >= 15 is 0 Å². The van der Waals surface area contributed by atoms with Gasteiger partial charge >= 0.3 is 0 Å². The number of nitrogens with zero attached hydrogens (tertiary/aromatic N) is 4. The number of nitriles is 1. The van der Waals surface area contributed by atoms with Crippen molar-refractivity contribution in [1.82, 2.24) is 19.5 Å². The molecular formula is C20H21N5O2. The lowest BCUT2D eigenvalue weighted by Crippen LogP contribution is -2.35. The highest BCUT2D eigenvalue weighted by atomic mass is 16.5. The van der Waals surface area contributed by atoms with E-state index in [0.29, 0.717) is 23.2 Å². The van der Waals surface area contributed by atoms with Crippen LogP contribution in [0.4, 0.5) is 0 Å². The minimum atomic E-state index is -0.180. The first kappa shape index (κ1) is 17.5. The molecule has 0 saturated carbocycles. The van der Waals surface area contributed by atoms with E-state index in [4.69, 9.17) is 4.74 Å². The molecule has 7 heteroatoms. The van der Waals surface area contributed by atoms with Gasteiger partial charge in [-0.15, -0.1) is 0 Å². The standard InChI is InChI=1S/C20H21N5O2/c1-2-17-18(23-19-16(11-21)12-22-25(19)20(17)26)15-5-3-14(4-6-15)13-24-7-9-27-10-8-24/h3-6,12,23H,2,7-10,13H2,1H3. The maximum Gasteiger partial charge on any atom is 0.278 e. The molecule has 7 nitrogen and oxygen atoms in total. The molecule has 27 heavy (non-hydrogen) atoms. The van der Waals surface area contributed by atoms with Crippen molar-refractivity contribution in [1.29, 1.82) is 5.26 Å². The zero-order valence-corrected chi connectivity index (χ0v) is 15.2. The van der Waals surface area contributed by atoms with Crippen LogP contribution in [0.5, 0.6) is 0 Å². The fourth-order valence-electron chi connectivity index (χ4n) is 3.50. The summed E-state index contributed by atoms with van der Waals surface area (Å²) in [7, 11) is 0. The zero-order chi connectivity index (χ0) is 18.8. The molecule has 3 heterocycles. The number of nitrogens with one attached hydrogen (secondary N) is 1. The Labute approximate surface area is 156 Å². The third-order valence-corrected chi connectivity index (χ3v) is 4.99. The Morgan fingerprint density at radius 1 is 1.26 bits per heavy atom. The molecule has 1 aliphatic heterocycles. The molecule has 3 aromatic rings. The van der Waals surface area contributed by atoms with E-state index in [1.165, 1.54) is 16.3 Å². The first-order chi connectivity index (χ1) is 13.2. The van der Waals surface area contributed by atoms with E-state index in [1.807, 2.05) is 19.1 Å². The number of ether oxygens (including phenoxy) is 1. The molecule has 0 unspecified atom stereocenters. The second-order valence-electron chi connectivity index (χ2n) is 6.65. The number of aromatic amines is 1. The van der Waals surface area contributed by atoms with Crippen molar-refractivity contribution in [3.05, 3.63) is 57.5 Å². The Morgan fingerprint density at radius 3 is 2.67 bits per heavy atom. The SMILES string of the molecule is CCc1c(-c2ccc(CN3CCOCC3)cc2)[nH]c2c(C#N)cnn2c1=O. The van der Waals surface area contributed by atoms with Crippen LogP contribution in [0.15, 0.2) is 35.3 Å². The molecule has 0 aliphatic carbocycles. The van der Waals surface area contributed by atoms with Crippen LogP contribution in [0.2, 0.25) is 0 Å². The van der Waals surface area contributed by atoms with Crippen molar-refractivity contribution in [2.24, 2.45) is 0 Å². The quantitative estimate of drug-likeness (QED) is 0.766. The Bertz CT molecular complexity index is 1050.